The monoisotopic (exact) mass is 211 g/mol. The smallest absolute Gasteiger partial charge is 0.125 e. The number of hydrogen-bond donors (Lipinski definition) is 2. The third-order valence-corrected chi connectivity index (χ3v) is 2.11. The molecule has 0 amide bonds. The van der Waals surface area contributed by atoms with Crippen molar-refractivity contribution in [3.63, 3.8) is 0 Å². The summed E-state index contributed by atoms with van der Waals surface area (Å²) in [5.74, 6) is -0.235. The fourth-order valence-corrected chi connectivity index (χ4v) is 1.35. The lowest BCUT2D eigenvalue weighted by Gasteiger charge is -2.17. The van der Waals surface area contributed by atoms with Crippen molar-refractivity contribution < 1.29 is 9.50 Å². The maximum absolute atomic E-state index is 13.0. The summed E-state index contributed by atoms with van der Waals surface area (Å²) in [6.45, 7) is 5.99. The number of nitrogens with one attached hydrogen (secondary N) is 1. The molecule has 84 valence electrons. The maximum atomic E-state index is 13.0. The molecule has 0 fully saturated rings. The standard InChI is InChI=1S/C12H18FNO/c1-9-6-10(13)8-11(7-9)14-5-4-12(2,3)15/h6-8,14-15H,4-5H2,1-3H3. The molecule has 2 nitrogen and oxygen atoms in total. The van der Waals surface area contributed by atoms with Crippen molar-refractivity contribution in [1.82, 2.24) is 0 Å². The molecular formula is C12H18FNO. The average molecular weight is 211 g/mol. The second kappa shape index (κ2) is 4.62. The van der Waals surface area contributed by atoms with E-state index >= 15 is 0 Å². The Morgan fingerprint density at radius 3 is 2.53 bits per heavy atom. The average Bonchev–Trinajstić information content (AvgIpc) is 1.99. The minimum absolute atomic E-state index is 0.235. The van der Waals surface area contributed by atoms with Gasteiger partial charge in [0.05, 0.1) is 5.60 Å². The fraction of sp³-hybridized carbons (Fsp3) is 0.500. The van der Waals surface area contributed by atoms with E-state index in [4.69, 9.17) is 0 Å². The zero-order valence-corrected chi connectivity index (χ0v) is 9.47. The molecule has 0 aliphatic heterocycles. The lowest BCUT2D eigenvalue weighted by molar-refractivity contribution is 0.0749. The molecule has 1 aromatic carbocycles. The molecule has 0 saturated heterocycles. The molecule has 0 radical (unpaired) electrons. The van der Waals surface area contributed by atoms with E-state index in [2.05, 4.69) is 5.32 Å². The lowest BCUT2D eigenvalue weighted by atomic mass is 10.1. The quantitative estimate of drug-likeness (QED) is 0.802. The summed E-state index contributed by atoms with van der Waals surface area (Å²) in [5.41, 5.74) is 0.965. The first-order valence-electron chi connectivity index (χ1n) is 5.10. The number of anilines is 1. The van der Waals surface area contributed by atoms with E-state index in [0.717, 1.165) is 11.3 Å². The van der Waals surface area contributed by atoms with Crippen molar-refractivity contribution in [1.29, 1.82) is 0 Å². The summed E-state index contributed by atoms with van der Waals surface area (Å²) < 4.78 is 13.0. The van der Waals surface area contributed by atoms with Crippen LogP contribution in [0.4, 0.5) is 10.1 Å². The van der Waals surface area contributed by atoms with Gasteiger partial charge in [0.15, 0.2) is 0 Å². The van der Waals surface area contributed by atoms with Crippen LogP contribution < -0.4 is 5.32 Å². The van der Waals surface area contributed by atoms with Gasteiger partial charge >= 0.3 is 0 Å². The van der Waals surface area contributed by atoms with Crippen LogP contribution in [0.25, 0.3) is 0 Å². The largest absolute Gasteiger partial charge is 0.390 e. The topological polar surface area (TPSA) is 32.3 Å². The van der Waals surface area contributed by atoms with Crippen LogP contribution in [0.5, 0.6) is 0 Å². The third kappa shape index (κ3) is 4.79. The second-order valence-corrected chi connectivity index (χ2v) is 4.51. The van der Waals surface area contributed by atoms with Gasteiger partial charge in [0.1, 0.15) is 5.82 Å². The van der Waals surface area contributed by atoms with Crippen LogP contribution in [0.2, 0.25) is 0 Å². The van der Waals surface area contributed by atoms with Crippen LogP contribution in [0.1, 0.15) is 25.8 Å². The minimum atomic E-state index is -0.685. The number of aryl methyl sites for hydroxylation is 1. The SMILES string of the molecule is Cc1cc(F)cc(NCCC(C)(C)O)c1. The summed E-state index contributed by atoms with van der Waals surface area (Å²) in [6.07, 6.45) is 0.628. The van der Waals surface area contributed by atoms with Crippen molar-refractivity contribution in [3.05, 3.63) is 29.6 Å². The van der Waals surface area contributed by atoms with E-state index in [0.29, 0.717) is 13.0 Å². The number of halogens is 1. The first-order chi connectivity index (χ1) is 6.87. The molecule has 0 aliphatic rings. The normalized spacial score (nSPS) is 11.5. The molecule has 3 heteroatoms. The van der Waals surface area contributed by atoms with Crippen LogP contribution in [0, 0.1) is 12.7 Å². The molecule has 1 aromatic rings. The Balaban J connectivity index is 2.51. The van der Waals surface area contributed by atoms with Crippen molar-refractivity contribution in [3.8, 4) is 0 Å². The molecule has 0 bridgehead atoms. The van der Waals surface area contributed by atoms with Crippen LogP contribution in [-0.2, 0) is 0 Å². The van der Waals surface area contributed by atoms with Crippen LogP contribution >= 0.6 is 0 Å². The molecule has 0 spiro atoms. The van der Waals surface area contributed by atoms with Crippen LogP contribution in [0.3, 0.4) is 0 Å². The zero-order chi connectivity index (χ0) is 11.5. The predicted molar refractivity (Wildman–Crippen MR) is 60.5 cm³/mol. The predicted octanol–water partition coefficient (Wildman–Crippen LogP) is 2.71. The molecule has 0 aliphatic carbocycles. The summed E-state index contributed by atoms with van der Waals surface area (Å²) in [7, 11) is 0. The Kier molecular flexibility index (Phi) is 3.69. The van der Waals surface area contributed by atoms with Gasteiger partial charge in [-0.05, 0) is 51.0 Å². The van der Waals surface area contributed by atoms with Crippen molar-refractivity contribution >= 4 is 5.69 Å². The molecular weight excluding hydrogens is 193 g/mol. The van der Waals surface area contributed by atoms with Gasteiger partial charge in [0.25, 0.3) is 0 Å². The van der Waals surface area contributed by atoms with Crippen molar-refractivity contribution in [2.45, 2.75) is 32.8 Å². The molecule has 2 N–H and O–H groups in total. The summed E-state index contributed by atoms with van der Waals surface area (Å²) >= 11 is 0. The Morgan fingerprint density at radius 2 is 2.00 bits per heavy atom. The highest BCUT2D eigenvalue weighted by molar-refractivity contribution is 5.45. The van der Waals surface area contributed by atoms with E-state index < -0.39 is 5.60 Å². The van der Waals surface area contributed by atoms with Gasteiger partial charge in [0.2, 0.25) is 0 Å². The molecule has 0 heterocycles. The van der Waals surface area contributed by atoms with E-state index in [9.17, 15) is 9.50 Å². The number of benzene rings is 1. The van der Waals surface area contributed by atoms with E-state index in [1.165, 1.54) is 12.1 Å². The highest BCUT2D eigenvalue weighted by atomic mass is 19.1. The van der Waals surface area contributed by atoms with Gasteiger partial charge in [-0.15, -0.1) is 0 Å². The molecule has 0 unspecified atom stereocenters. The van der Waals surface area contributed by atoms with E-state index in [1.54, 1.807) is 13.8 Å². The van der Waals surface area contributed by atoms with Crippen molar-refractivity contribution in [2.24, 2.45) is 0 Å². The first-order valence-corrected chi connectivity index (χ1v) is 5.10. The molecule has 0 saturated carbocycles. The number of hydrogen-bond acceptors (Lipinski definition) is 2. The van der Waals surface area contributed by atoms with Gasteiger partial charge < -0.3 is 10.4 Å². The summed E-state index contributed by atoms with van der Waals surface area (Å²) in [6, 6.07) is 4.83. The highest BCUT2D eigenvalue weighted by Gasteiger charge is 2.11. The lowest BCUT2D eigenvalue weighted by Crippen LogP contribution is -2.22. The van der Waals surface area contributed by atoms with Crippen molar-refractivity contribution in [2.75, 3.05) is 11.9 Å². The van der Waals surface area contributed by atoms with Gasteiger partial charge in [0, 0.05) is 12.2 Å². The van der Waals surface area contributed by atoms with Crippen LogP contribution in [-0.4, -0.2) is 17.3 Å². The van der Waals surface area contributed by atoms with Gasteiger partial charge in [-0.25, -0.2) is 4.39 Å². The number of aliphatic hydroxyl groups is 1. The molecule has 0 aromatic heterocycles. The maximum Gasteiger partial charge on any atom is 0.125 e. The van der Waals surface area contributed by atoms with E-state index in [-0.39, 0.29) is 5.82 Å². The number of rotatable bonds is 4. The third-order valence-electron chi connectivity index (χ3n) is 2.11. The van der Waals surface area contributed by atoms with E-state index in [1.807, 2.05) is 13.0 Å². The Hall–Kier alpha value is -1.09. The molecule has 1 rings (SSSR count). The molecule has 0 atom stereocenters. The second-order valence-electron chi connectivity index (χ2n) is 4.51. The first kappa shape index (κ1) is 12.0. The highest BCUT2D eigenvalue weighted by Crippen LogP contribution is 2.14. The Morgan fingerprint density at radius 1 is 1.33 bits per heavy atom. The fourth-order valence-electron chi connectivity index (χ4n) is 1.35. The van der Waals surface area contributed by atoms with Gasteiger partial charge in [-0.3, -0.25) is 0 Å². The Bertz CT molecular complexity index is 311. The van der Waals surface area contributed by atoms with Gasteiger partial charge in [-0.1, -0.05) is 0 Å². The minimum Gasteiger partial charge on any atom is -0.390 e. The zero-order valence-electron chi connectivity index (χ0n) is 9.47. The summed E-state index contributed by atoms with van der Waals surface area (Å²) in [5, 5.41) is 12.6. The molecule has 15 heavy (non-hydrogen) atoms. The Labute approximate surface area is 90.1 Å². The summed E-state index contributed by atoms with van der Waals surface area (Å²) in [4.78, 5) is 0. The van der Waals surface area contributed by atoms with Gasteiger partial charge in [-0.2, -0.15) is 0 Å². The van der Waals surface area contributed by atoms with Crippen LogP contribution in [0.15, 0.2) is 18.2 Å².